The average molecular weight is 247 g/mol. The molecule has 2 aromatic rings. The number of nitrogens with one attached hydrogen (secondary N) is 1. The lowest BCUT2D eigenvalue weighted by molar-refractivity contribution is 0.545. The second kappa shape index (κ2) is 5.74. The van der Waals surface area contributed by atoms with E-state index in [1.165, 1.54) is 12.1 Å². The summed E-state index contributed by atoms with van der Waals surface area (Å²) in [5.41, 5.74) is 1.75. The van der Waals surface area contributed by atoms with Gasteiger partial charge in [-0.1, -0.05) is 30.3 Å². The van der Waals surface area contributed by atoms with Crippen molar-refractivity contribution in [2.45, 2.75) is 19.5 Å². The van der Waals surface area contributed by atoms with Crippen LogP contribution < -0.4 is 5.32 Å². The van der Waals surface area contributed by atoms with Gasteiger partial charge in [0, 0.05) is 18.7 Å². The van der Waals surface area contributed by atoms with Gasteiger partial charge in [-0.25, -0.2) is 8.78 Å². The van der Waals surface area contributed by atoms with E-state index in [0.717, 1.165) is 11.6 Å². The normalized spacial score (nSPS) is 12.4. The summed E-state index contributed by atoms with van der Waals surface area (Å²) < 4.78 is 26.2. The third-order valence-corrected chi connectivity index (χ3v) is 2.84. The number of hydrogen-bond acceptors (Lipinski definition) is 1. The molecule has 0 bridgehead atoms. The van der Waals surface area contributed by atoms with E-state index >= 15 is 0 Å². The highest BCUT2D eigenvalue weighted by Crippen LogP contribution is 2.16. The minimum absolute atomic E-state index is 0.101. The first-order valence-corrected chi connectivity index (χ1v) is 5.88. The molecule has 0 aliphatic heterocycles. The molecule has 1 unspecified atom stereocenters. The van der Waals surface area contributed by atoms with E-state index in [1.54, 1.807) is 0 Å². The first-order chi connectivity index (χ1) is 8.65. The van der Waals surface area contributed by atoms with Crippen LogP contribution in [0.4, 0.5) is 8.78 Å². The predicted octanol–water partition coefficient (Wildman–Crippen LogP) is 3.82. The van der Waals surface area contributed by atoms with E-state index in [-0.39, 0.29) is 6.04 Å². The Morgan fingerprint density at radius 1 is 1.00 bits per heavy atom. The van der Waals surface area contributed by atoms with Gasteiger partial charge in [-0.05, 0) is 30.2 Å². The van der Waals surface area contributed by atoms with Gasteiger partial charge in [0.2, 0.25) is 0 Å². The van der Waals surface area contributed by atoms with E-state index in [0.29, 0.717) is 12.1 Å². The fourth-order valence-electron chi connectivity index (χ4n) is 1.81. The maximum Gasteiger partial charge on any atom is 0.126 e. The molecular weight excluding hydrogens is 232 g/mol. The topological polar surface area (TPSA) is 12.0 Å². The third-order valence-electron chi connectivity index (χ3n) is 2.84. The van der Waals surface area contributed by atoms with Gasteiger partial charge in [0.1, 0.15) is 11.6 Å². The Balaban J connectivity index is 2.01. The van der Waals surface area contributed by atoms with E-state index in [1.807, 2.05) is 37.3 Å². The maximum absolute atomic E-state index is 13.1. The Morgan fingerprint density at radius 2 is 1.61 bits per heavy atom. The minimum atomic E-state index is -0.543. The van der Waals surface area contributed by atoms with Gasteiger partial charge in [-0.2, -0.15) is 0 Å². The van der Waals surface area contributed by atoms with Crippen molar-refractivity contribution in [2.24, 2.45) is 0 Å². The second-order valence-electron chi connectivity index (χ2n) is 4.29. The second-order valence-corrected chi connectivity index (χ2v) is 4.29. The van der Waals surface area contributed by atoms with Gasteiger partial charge < -0.3 is 5.32 Å². The van der Waals surface area contributed by atoms with Crippen LogP contribution in [-0.4, -0.2) is 0 Å². The summed E-state index contributed by atoms with van der Waals surface area (Å²) in [6.07, 6.45) is 0. The van der Waals surface area contributed by atoms with Gasteiger partial charge in [0.25, 0.3) is 0 Å². The standard InChI is InChI=1S/C15H15F2N/c1-11(13-7-14(16)9-15(17)8-13)18-10-12-5-3-2-4-6-12/h2-9,11,18H,10H2,1H3. The molecule has 0 fully saturated rings. The molecule has 0 amide bonds. The molecule has 0 saturated heterocycles. The molecule has 0 saturated carbocycles. The molecule has 3 heteroatoms. The molecule has 0 heterocycles. The van der Waals surface area contributed by atoms with Crippen molar-refractivity contribution >= 4 is 0 Å². The molecule has 1 N–H and O–H groups in total. The summed E-state index contributed by atoms with van der Waals surface area (Å²) in [6, 6.07) is 13.4. The molecule has 1 atom stereocenters. The van der Waals surface area contributed by atoms with E-state index in [9.17, 15) is 8.78 Å². The maximum atomic E-state index is 13.1. The Kier molecular flexibility index (Phi) is 4.05. The lowest BCUT2D eigenvalue weighted by Crippen LogP contribution is -2.18. The first-order valence-electron chi connectivity index (χ1n) is 5.88. The molecule has 2 rings (SSSR count). The van der Waals surface area contributed by atoms with Crippen LogP contribution in [0, 0.1) is 11.6 Å². The Bertz CT molecular complexity index is 491. The molecule has 0 radical (unpaired) electrons. The highest BCUT2D eigenvalue weighted by molar-refractivity contribution is 5.21. The fraction of sp³-hybridized carbons (Fsp3) is 0.200. The quantitative estimate of drug-likeness (QED) is 0.866. The lowest BCUT2D eigenvalue weighted by atomic mass is 10.1. The highest BCUT2D eigenvalue weighted by atomic mass is 19.1. The zero-order valence-corrected chi connectivity index (χ0v) is 10.2. The molecule has 0 aromatic heterocycles. The Hall–Kier alpha value is -1.74. The summed E-state index contributed by atoms with van der Waals surface area (Å²) in [7, 11) is 0. The monoisotopic (exact) mass is 247 g/mol. The number of halogens is 2. The Morgan fingerprint density at radius 3 is 2.22 bits per heavy atom. The van der Waals surface area contributed by atoms with Crippen molar-refractivity contribution in [2.75, 3.05) is 0 Å². The van der Waals surface area contributed by atoms with Crippen molar-refractivity contribution < 1.29 is 8.78 Å². The highest BCUT2D eigenvalue weighted by Gasteiger charge is 2.08. The molecule has 0 aliphatic carbocycles. The van der Waals surface area contributed by atoms with Crippen molar-refractivity contribution in [3.8, 4) is 0 Å². The van der Waals surface area contributed by atoms with E-state index < -0.39 is 11.6 Å². The largest absolute Gasteiger partial charge is 0.306 e. The molecule has 94 valence electrons. The molecule has 0 aliphatic rings. The van der Waals surface area contributed by atoms with Crippen LogP contribution in [0.15, 0.2) is 48.5 Å². The molecule has 2 aromatic carbocycles. The van der Waals surface area contributed by atoms with Crippen molar-refractivity contribution in [3.05, 3.63) is 71.3 Å². The Labute approximate surface area is 105 Å². The molecule has 1 nitrogen and oxygen atoms in total. The van der Waals surface area contributed by atoms with Gasteiger partial charge in [-0.3, -0.25) is 0 Å². The zero-order valence-electron chi connectivity index (χ0n) is 10.2. The van der Waals surface area contributed by atoms with Crippen LogP contribution in [0.2, 0.25) is 0 Å². The summed E-state index contributed by atoms with van der Waals surface area (Å²) in [5.74, 6) is -1.09. The number of hydrogen-bond donors (Lipinski definition) is 1. The summed E-state index contributed by atoms with van der Waals surface area (Å²) >= 11 is 0. The summed E-state index contributed by atoms with van der Waals surface area (Å²) in [6.45, 7) is 2.55. The van der Waals surface area contributed by atoms with Crippen LogP contribution in [0.1, 0.15) is 24.1 Å². The van der Waals surface area contributed by atoms with Crippen LogP contribution in [-0.2, 0) is 6.54 Å². The van der Waals surface area contributed by atoms with Crippen molar-refractivity contribution in [3.63, 3.8) is 0 Å². The van der Waals surface area contributed by atoms with Crippen molar-refractivity contribution in [1.29, 1.82) is 0 Å². The van der Waals surface area contributed by atoms with Gasteiger partial charge in [0.15, 0.2) is 0 Å². The van der Waals surface area contributed by atoms with Crippen LogP contribution in [0.5, 0.6) is 0 Å². The summed E-state index contributed by atoms with van der Waals surface area (Å²) in [5, 5.41) is 3.24. The predicted molar refractivity (Wildman–Crippen MR) is 68.1 cm³/mol. The molecular formula is C15H15F2N. The van der Waals surface area contributed by atoms with Crippen molar-refractivity contribution in [1.82, 2.24) is 5.32 Å². The van der Waals surface area contributed by atoms with Crippen LogP contribution >= 0.6 is 0 Å². The first kappa shape index (κ1) is 12.7. The van der Waals surface area contributed by atoms with Crippen LogP contribution in [0.3, 0.4) is 0 Å². The summed E-state index contributed by atoms with van der Waals surface area (Å²) in [4.78, 5) is 0. The molecule has 18 heavy (non-hydrogen) atoms. The van der Waals surface area contributed by atoms with Crippen LogP contribution in [0.25, 0.3) is 0 Å². The van der Waals surface area contributed by atoms with Gasteiger partial charge in [0.05, 0.1) is 0 Å². The number of rotatable bonds is 4. The SMILES string of the molecule is CC(NCc1ccccc1)c1cc(F)cc(F)c1. The lowest BCUT2D eigenvalue weighted by Gasteiger charge is -2.14. The average Bonchev–Trinajstić information content (AvgIpc) is 2.36. The number of benzene rings is 2. The van der Waals surface area contributed by atoms with E-state index in [4.69, 9.17) is 0 Å². The minimum Gasteiger partial charge on any atom is -0.306 e. The van der Waals surface area contributed by atoms with Gasteiger partial charge >= 0.3 is 0 Å². The van der Waals surface area contributed by atoms with Gasteiger partial charge in [-0.15, -0.1) is 0 Å². The third kappa shape index (κ3) is 3.37. The molecule has 0 spiro atoms. The van der Waals surface area contributed by atoms with E-state index in [2.05, 4.69) is 5.32 Å². The zero-order chi connectivity index (χ0) is 13.0. The smallest absolute Gasteiger partial charge is 0.126 e. The fourth-order valence-corrected chi connectivity index (χ4v) is 1.81.